The van der Waals surface area contributed by atoms with Gasteiger partial charge in [-0.05, 0) is 11.6 Å². The van der Waals surface area contributed by atoms with Crippen molar-refractivity contribution in [3.8, 4) is 0 Å². The minimum Gasteiger partial charge on any atom is -0.369 e. The highest BCUT2D eigenvalue weighted by atomic mass is 32.2. The molecule has 0 amide bonds. The molecular formula is C12H15NO4S. The summed E-state index contributed by atoms with van der Waals surface area (Å²) in [5, 5.41) is 0. The Morgan fingerprint density at radius 2 is 2.06 bits per heavy atom. The summed E-state index contributed by atoms with van der Waals surface area (Å²) in [4.78, 5) is 10.3. The number of benzene rings is 1. The summed E-state index contributed by atoms with van der Waals surface area (Å²) in [6.07, 6.45) is 2.08. The molecule has 5 nitrogen and oxygen atoms in total. The van der Waals surface area contributed by atoms with Crippen LogP contribution in [0.1, 0.15) is 5.56 Å². The quantitative estimate of drug-likeness (QED) is 0.432. The number of carbonyl (C=O) groups excluding carboxylic acids is 1. The first-order valence-corrected chi connectivity index (χ1v) is 6.80. The van der Waals surface area contributed by atoms with E-state index < -0.39 is 10.0 Å². The largest absolute Gasteiger partial charge is 0.369 e. The van der Waals surface area contributed by atoms with Crippen molar-refractivity contribution >= 4 is 16.3 Å². The summed E-state index contributed by atoms with van der Waals surface area (Å²) in [5.41, 5.74) is 0.510. The van der Waals surface area contributed by atoms with Gasteiger partial charge >= 0.3 is 0 Å². The number of nitrogens with one attached hydrogen (secondary N) is 1. The van der Waals surface area contributed by atoms with Gasteiger partial charge in [0, 0.05) is 6.54 Å². The fourth-order valence-electron chi connectivity index (χ4n) is 1.35. The van der Waals surface area contributed by atoms with Crippen molar-refractivity contribution in [1.29, 1.82) is 0 Å². The number of aldehydes is 1. The van der Waals surface area contributed by atoms with Crippen molar-refractivity contribution < 1.29 is 17.9 Å². The molecule has 1 aromatic rings. The van der Waals surface area contributed by atoms with Crippen LogP contribution < -0.4 is 4.72 Å². The van der Waals surface area contributed by atoms with Crippen LogP contribution in [0.2, 0.25) is 0 Å². The smallest absolute Gasteiger partial charge is 0.241 e. The van der Waals surface area contributed by atoms with Crippen LogP contribution in [0.3, 0.4) is 0 Å². The van der Waals surface area contributed by atoms with Crippen molar-refractivity contribution in [2.24, 2.45) is 0 Å². The predicted molar refractivity (Wildman–Crippen MR) is 67.5 cm³/mol. The standard InChI is InChI=1S/C12H15NO4S/c1-2-7-13-18(15,16)12-6-4-3-5-11(12)10-17-9-8-14/h2-6,8,13H,1,7,9-10H2. The first-order chi connectivity index (χ1) is 8.61. The molecule has 18 heavy (non-hydrogen) atoms. The lowest BCUT2D eigenvalue weighted by Gasteiger charge is -2.10. The Morgan fingerprint density at radius 1 is 1.33 bits per heavy atom. The average Bonchev–Trinajstić information content (AvgIpc) is 2.37. The Hall–Kier alpha value is -1.50. The molecule has 0 bridgehead atoms. The Kier molecular flexibility index (Phi) is 5.70. The lowest BCUT2D eigenvalue weighted by atomic mass is 10.2. The summed E-state index contributed by atoms with van der Waals surface area (Å²) < 4.78 is 31.3. The van der Waals surface area contributed by atoms with Gasteiger partial charge in [-0.3, -0.25) is 0 Å². The average molecular weight is 269 g/mol. The molecule has 0 fully saturated rings. The number of carbonyl (C=O) groups is 1. The van der Waals surface area contributed by atoms with Crippen LogP contribution in [0.4, 0.5) is 0 Å². The van der Waals surface area contributed by atoms with Crippen LogP contribution in [-0.4, -0.2) is 27.9 Å². The van der Waals surface area contributed by atoms with Crippen LogP contribution >= 0.6 is 0 Å². The van der Waals surface area contributed by atoms with Gasteiger partial charge in [0.25, 0.3) is 0 Å². The van der Waals surface area contributed by atoms with E-state index in [4.69, 9.17) is 4.74 Å². The van der Waals surface area contributed by atoms with Gasteiger partial charge in [-0.2, -0.15) is 0 Å². The molecule has 0 aliphatic carbocycles. The topological polar surface area (TPSA) is 72.5 Å². The highest BCUT2D eigenvalue weighted by Crippen LogP contribution is 2.16. The monoisotopic (exact) mass is 269 g/mol. The number of ether oxygens (including phenoxy) is 1. The highest BCUT2D eigenvalue weighted by Gasteiger charge is 2.16. The highest BCUT2D eigenvalue weighted by molar-refractivity contribution is 7.89. The molecule has 0 saturated carbocycles. The Morgan fingerprint density at radius 3 is 2.72 bits per heavy atom. The van der Waals surface area contributed by atoms with Crippen molar-refractivity contribution in [1.82, 2.24) is 4.72 Å². The van der Waals surface area contributed by atoms with Gasteiger partial charge in [-0.1, -0.05) is 24.3 Å². The summed E-state index contributed by atoms with van der Waals surface area (Å²) >= 11 is 0. The van der Waals surface area contributed by atoms with Crippen molar-refractivity contribution in [2.75, 3.05) is 13.2 Å². The minimum atomic E-state index is -3.58. The Labute approximate surface area is 107 Å². The predicted octanol–water partition coefficient (Wildman–Crippen LogP) is 0.866. The van der Waals surface area contributed by atoms with Gasteiger partial charge in [0.15, 0.2) is 0 Å². The van der Waals surface area contributed by atoms with Gasteiger partial charge in [-0.15, -0.1) is 6.58 Å². The van der Waals surface area contributed by atoms with E-state index in [1.807, 2.05) is 0 Å². The van der Waals surface area contributed by atoms with Crippen molar-refractivity contribution in [3.05, 3.63) is 42.5 Å². The second-order valence-corrected chi connectivity index (χ2v) is 5.17. The van der Waals surface area contributed by atoms with Crippen LogP contribution in [-0.2, 0) is 26.2 Å². The molecule has 1 aromatic carbocycles. The summed E-state index contributed by atoms with van der Waals surface area (Å²) in [7, 11) is -3.58. The molecule has 0 atom stereocenters. The zero-order valence-electron chi connectivity index (χ0n) is 9.83. The van der Waals surface area contributed by atoms with Crippen LogP contribution in [0.25, 0.3) is 0 Å². The fraction of sp³-hybridized carbons (Fsp3) is 0.250. The fourth-order valence-corrected chi connectivity index (χ4v) is 2.57. The minimum absolute atomic E-state index is 0.0610. The van der Waals surface area contributed by atoms with Crippen LogP contribution in [0.5, 0.6) is 0 Å². The zero-order valence-corrected chi connectivity index (χ0v) is 10.7. The van der Waals surface area contributed by atoms with Gasteiger partial charge in [-0.25, -0.2) is 13.1 Å². The van der Waals surface area contributed by atoms with Gasteiger partial charge in [0.05, 0.1) is 11.5 Å². The molecule has 0 unspecified atom stereocenters. The van der Waals surface area contributed by atoms with E-state index in [-0.39, 0.29) is 24.7 Å². The maximum absolute atomic E-state index is 12.0. The molecule has 0 aliphatic heterocycles. The second kappa shape index (κ2) is 7.05. The molecular weight excluding hydrogens is 254 g/mol. The van der Waals surface area contributed by atoms with E-state index >= 15 is 0 Å². The second-order valence-electron chi connectivity index (χ2n) is 3.43. The van der Waals surface area contributed by atoms with Crippen molar-refractivity contribution in [3.63, 3.8) is 0 Å². The first kappa shape index (κ1) is 14.6. The number of sulfonamides is 1. The van der Waals surface area contributed by atoms with E-state index in [0.29, 0.717) is 11.8 Å². The maximum Gasteiger partial charge on any atom is 0.241 e. The van der Waals surface area contributed by atoms with Gasteiger partial charge in [0.2, 0.25) is 10.0 Å². The molecule has 0 spiro atoms. The number of hydrogen-bond acceptors (Lipinski definition) is 4. The van der Waals surface area contributed by atoms with E-state index in [1.54, 1.807) is 18.2 Å². The number of rotatable bonds is 8. The molecule has 0 saturated heterocycles. The Bertz CT molecular complexity index is 511. The third-order valence-electron chi connectivity index (χ3n) is 2.12. The van der Waals surface area contributed by atoms with E-state index in [0.717, 1.165) is 0 Å². The third-order valence-corrected chi connectivity index (χ3v) is 3.65. The molecule has 1 N–H and O–H groups in total. The summed E-state index contributed by atoms with van der Waals surface area (Å²) in [6.45, 7) is 3.62. The lowest BCUT2D eigenvalue weighted by Crippen LogP contribution is -2.24. The van der Waals surface area contributed by atoms with Crippen molar-refractivity contribution in [2.45, 2.75) is 11.5 Å². The Balaban J connectivity index is 2.93. The first-order valence-electron chi connectivity index (χ1n) is 5.31. The normalized spacial score (nSPS) is 11.1. The third kappa shape index (κ3) is 4.06. The molecule has 1 rings (SSSR count). The van der Waals surface area contributed by atoms with Crippen LogP contribution in [0, 0.1) is 0 Å². The molecule has 0 aliphatic rings. The molecule has 98 valence electrons. The van der Waals surface area contributed by atoms with Crippen LogP contribution in [0.15, 0.2) is 41.8 Å². The SMILES string of the molecule is C=CCNS(=O)(=O)c1ccccc1COCC=O. The van der Waals surface area contributed by atoms with E-state index in [9.17, 15) is 13.2 Å². The van der Waals surface area contributed by atoms with Gasteiger partial charge < -0.3 is 9.53 Å². The zero-order chi connectivity index (χ0) is 13.4. The lowest BCUT2D eigenvalue weighted by molar-refractivity contribution is -0.112. The molecule has 0 radical (unpaired) electrons. The van der Waals surface area contributed by atoms with E-state index in [1.165, 1.54) is 12.1 Å². The number of hydrogen-bond donors (Lipinski definition) is 1. The molecule has 6 heteroatoms. The summed E-state index contributed by atoms with van der Waals surface area (Å²) in [6, 6.07) is 6.48. The molecule has 0 heterocycles. The van der Waals surface area contributed by atoms with Gasteiger partial charge in [0.1, 0.15) is 12.9 Å². The maximum atomic E-state index is 12.0. The van der Waals surface area contributed by atoms with E-state index in [2.05, 4.69) is 11.3 Å². The summed E-state index contributed by atoms with van der Waals surface area (Å²) in [5.74, 6) is 0. The molecule has 0 aromatic heterocycles.